The van der Waals surface area contributed by atoms with Crippen molar-refractivity contribution in [2.24, 2.45) is 0 Å². The number of Topliss-reactive ketones (excluding diaryl/α,β-unsaturated/α-hetero) is 1. The minimum atomic E-state index is -1.06. The monoisotopic (exact) mass is 351 g/mol. The number of aromatic amines is 1. The number of nitrogens with one attached hydrogen (secondary N) is 1. The smallest absolute Gasteiger partial charge is 0.377 e. The normalized spacial score (nSPS) is 14.6. The van der Waals surface area contributed by atoms with Crippen molar-refractivity contribution in [2.45, 2.75) is 33.8 Å². The van der Waals surface area contributed by atoms with Gasteiger partial charge >= 0.3 is 11.9 Å². The summed E-state index contributed by atoms with van der Waals surface area (Å²) in [6, 6.07) is 0. The number of carbonyl (C=O) groups is 3. The molecule has 0 aromatic carbocycles. The first kappa shape index (κ1) is 18.6. The molecule has 1 aromatic rings. The lowest BCUT2D eigenvalue weighted by Crippen LogP contribution is -2.27. The molecule has 1 aromatic heterocycles. The van der Waals surface area contributed by atoms with Crippen molar-refractivity contribution in [3.8, 4) is 0 Å². The summed E-state index contributed by atoms with van der Waals surface area (Å²) in [4.78, 5) is 39.4. The Bertz CT molecular complexity index is 717. The van der Waals surface area contributed by atoms with Crippen LogP contribution in [0.25, 0.3) is 0 Å². The summed E-state index contributed by atoms with van der Waals surface area (Å²) >= 11 is 0. The summed E-state index contributed by atoms with van der Waals surface area (Å²) in [6.45, 7) is 7.28. The maximum Gasteiger partial charge on any atom is 0.377 e. The van der Waals surface area contributed by atoms with Crippen molar-refractivity contribution in [3.05, 3.63) is 34.5 Å². The van der Waals surface area contributed by atoms with Gasteiger partial charge in [-0.3, -0.25) is 4.79 Å². The van der Waals surface area contributed by atoms with Gasteiger partial charge in [0.05, 0.1) is 17.9 Å². The highest BCUT2D eigenvalue weighted by atomic mass is 16.6. The molecule has 0 saturated heterocycles. The lowest BCUT2D eigenvalue weighted by atomic mass is 10.1. The molecule has 0 saturated carbocycles. The van der Waals surface area contributed by atoms with Gasteiger partial charge in [-0.2, -0.15) is 0 Å². The van der Waals surface area contributed by atoms with Crippen molar-refractivity contribution in [1.82, 2.24) is 4.98 Å². The van der Waals surface area contributed by atoms with E-state index >= 15 is 0 Å². The van der Waals surface area contributed by atoms with Crippen LogP contribution in [0.5, 0.6) is 0 Å². The van der Waals surface area contributed by atoms with Crippen LogP contribution in [-0.4, -0.2) is 48.6 Å². The molecule has 25 heavy (non-hydrogen) atoms. The number of hydrogen-bond acceptors (Lipinski definition) is 7. The highest BCUT2D eigenvalue weighted by molar-refractivity contribution is 6.04. The van der Waals surface area contributed by atoms with E-state index in [1.807, 2.05) is 0 Å². The first-order chi connectivity index (χ1) is 11.9. The Hall–Kier alpha value is -2.77. The molecular formula is C17H21NO7. The van der Waals surface area contributed by atoms with Crippen molar-refractivity contribution >= 4 is 17.7 Å². The average Bonchev–Trinajstić information content (AvgIpc) is 2.89. The van der Waals surface area contributed by atoms with E-state index in [-0.39, 0.29) is 24.7 Å². The first-order valence-corrected chi connectivity index (χ1v) is 7.92. The fraction of sp³-hybridized carbons (Fsp3) is 0.471. The van der Waals surface area contributed by atoms with E-state index in [9.17, 15) is 14.4 Å². The van der Waals surface area contributed by atoms with Gasteiger partial charge in [0, 0.05) is 5.69 Å². The molecule has 0 radical (unpaired) electrons. The summed E-state index contributed by atoms with van der Waals surface area (Å²) in [5, 5.41) is 0. The number of ketones is 1. The molecule has 2 rings (SSSR count). The van der Waals surface area contributed by atoms with Gasteiger partial charge in [-0.05, 0) is 33.3 Å². The van der Waals surface area contributed by atoms with Crippen LogP contribution in [0, 0.1) is 13.8 Å². The molecule has 0 fully saturated rings. The second kappa shape index (κ2) is 7.87. The van der Waals surface area contributed by atoms with Gasteiger partial charge in [0.1, 0.15) is 19.5 Å². The lowest BCUT2D eigenvalue weighted by molar-refractivity contribution is -0.147. The van der Waals surface area contributed by atoms with Crippen LogP contribution in [0.15, 0.2) is 12.0 Å². The zero-order valence-corrected chi connectivity index (χ0v) is 14.6. The Morgan fingerprint density at radius 2 is 1.96 bits per heavy atom. The summed E-state index contributed by atoms with van der Waals surface area (Å²) in [5.41, 5.74) is 1.50. The lowest BCUT2D eigenvalue weighted by Gasteiger charge is -2.17. The van der Waals surface area contributed by atoms with Crippen LogP contribution in [0.4, 0.5) is 0 Å². The number of carbonyl (C=O) groups excluding carboxylic acids is 3. The van der Waals surface area contributed by atoms with Crippen molar-refractivity contribution in [1.29, 1.82) is 0 Å². The fourth-order valence-corrected chi connectivity index (χ4v) is 2.46. The largest absolute Gasteiger partial charge is 0.493 e. The second-order valence-electron chi connectivity index (χ2n) is 5.46. The number of aryl methyl sites for hydroxylation is 1. The van der Waals surface area contributed by atoms with E-state index in [0.29, 0.717) is 23.4 Å². The highest BCUT2D eigenvalue weighted by Gasteiger charge is 2.29. The van der Waals surface area contributed by atoms with E-state index in [0.717, 1.165) is 6.26 Å². The molecule has 0 unspecified atom stereocenters. The summed E-state index contributed by atoms with van der Waals surface area (Å²) in [5.74, 6) is -1.83. The van der Waals surface area contributed by atoms with Crippen LogP contribution >= 0.6 is 0 Å². The Labute approximate surface area is 145 Å². The van der Waals surface area contributed by atoms with Gasteiger partial charge in [0.15, 0.2) is 6.10 Å². The third kappa shape index (κ3) is 4.01. The number of hydrogen-bond donors (Lipinski definition) is 1. The third-order valence-electron chi connectivity index (χ3n) is 3.67. The van der Waals surface area contributed by atoms with Gasteiger partial charge in [0.2, 0.25) is 11.5 Å². The van der Waals surface area contributed by atoms with Gasteiger partial charge in [-0.1, -0.05) is 0 Å². The second-order valence-corrected chi connectivity index (χ2v) is 5.46. The quantitative estimate of drug-likeness (QED) is 0.615. The minimum Gasteiger partial charge on any atom is -0.493 e. The van der Waals surface area contributed by atoms with E-state index in [1.54, 1.807) is 20.8 Å². The number of H-pyrrole nitrogens is 1. The van der Waals surface area contributed by atoms with E-state index in [2.05, 4.69) is 4.98 Å². The molecule has 8 nitrogen and oxygen atoms in total. The molecule has 0 amide bonds. The third-order valence-corrected chi connectivity index (χ3v) is 3.67. The predicted molar refractivity (Wildman–Crippen MR) is 86.1 cm³/mol. The van der Waals surface area contributed by atoms with Gasteiger partial charge in [0.25, 0.3) is 0 Å². The summed E-state index contributed by atoms with van der Waals surface area (Å²) < 4.78 is 20.2. The zero-order chi connectivity index (χ0) is 18.6. The first-order valence-electron chi connectivity index (χ1n) is 7.92. The van der Waals surface area contributed by atoms with Crippen LogP contribution in [-0.2, 0) is 23.7 Å². The molecule has 0 spiro atoms. The van der Waals surface area contributed by atoms with Crippen molar-refractivity contribution in [2.75, 3.05) is 19.8 Å². The van der Waals surface area contributed by atoms with E-state index in [1.165, 1.54) is 6.92 Å². The van der Waals surface area contributed by atoms with Gasteiger partial charge in [-0.25, -0.2) is 9.59 Å². The van der Waals surface area contributed by atoms with Gasteiger partial charge < -0.3 is 23.9 Å². The van der Waals surface area contributed by atoms with Crippen LogP contribution in [0.1, 0.15) is 46.0 Å². The topological polar surface area (TPSA) is 104 Å². The molecule has 1 N–H and O–H groups in total. The molecule has 2 heterocycles. The highest BCUT2D eigenvalue weighted by Crippen LogP contribution is 2.21. The predicted octanol–water partition coefficient (Wildman–Crippen LogP) is 1.81. The maximum atomic E-state index is 12.6. The molecular weight excluding hydrogens is 330 g/mol. The number of ether oxygens (including phenoxy) is 4. The summed E-state index contributed by atoms with van der Waals surface area (Å²) in [7, 11) is 0. The Balaban J connectivity index is 2.14. The maximum absolute atomic E-state index is 12.6. The number of aromatic nitrogens is 1. The Kier molecular flexibility index (Phi) is 5.84. The average molecular weight is 351 g/mol. The SMILES string of the molecule is CCOC(=O)c1c(C)[nH]c(C(=O)[C@H](C)OC(=O)C2=COCCO2)c1C. The van der Waals surface area contributed by atoms with Crippen molar-refractivity contribution in [3.63, 3.8) is 0 Å². The fourth-order valence-electron chi connectivity index (χ4n) is 2.46. The minimum absolute atomic E-state index is 0.0856. The number of rotatable bonds is 6. The van der Waals surface area contributed by atoms with E-state index < -0.39 is 23.8 Å². The molecule has 0 aliphatic carbocycles. The van der Waals surface area contributed by atoms with Gasteiger partial charge in [-0.15, -0.1) is 0 Å². The number of esters is 2. The molecule has 8 heteroatoms. The van der Waals surface area contributed by atoms with E-state index in [4.69, 9.17) is 18.9 Å². The molecule has 1 atom stereocenters. The van der Waals surface area contributed by atoms with Crippen LogP contribution in [0.2, 0.25) is 0 Å². The Morgan fingerprint density at radius 1 is 1.24 bits per heavy atom. The standard InChI is InChI=1S/C17H21NO7/c1-5-23-17(21)13-9(2)14(18-10(13)3)15(19)11(4)25-16(20)12-8-22-6-7-24-12/h8,11,18H,5-7H2,1-4H3/t11-/m0/s1. The molecule has 1 aliphatic heterocycles. The molecule has 136 valence electrons. The van der Waals surface area contributed by atoms with Crippen LogP contribution in [0.3, 0.4) is 0 Å². The zero-order valence-electron chi connectivity index (χ0n) is 14.6. The van der Waals surface area contributed by atoms with Crippen LogP contribution < -0.4 is 0 Å². The van der Waals surface area contributed by atoms with Crippen molar-refractivity contribution < 1.29 is 33.3 Å². The molecule has 0 bridgehead atoms. The summed E-state index contributed by atoms with van der Waals surface area (Å²) in [6.07, 6.45) is 0.0945. The molecule has 1 aliphatic rings. The Morgan fingerprint density at radius 3 is 2.56 bits per heavy atom.